The molecule has 0 aliphatic carbocycles. The Labute approximate surface area is 172 Å². The fraction of sp³-hybridized carbons (Fsp3) is 0.680. The van der Waals surface area contributed by atoms with E-state index < -0.39 is 0 Å². The molecule has 0 spiro atoms. The zero-order chi connectivity index (χ0) is 19.9. The van der Waals surface area contributed by atoms with Crippen LogP contribution >= 0.6 is 0 Å². The molecule has 3 nitrogen and oxygen atoms in total. The van der Waals surface area contributed by atoms with Crippen LogP contribution in [0.3, 0.4) is 0 Å². The molecule has 0 unspecified atom stereocenters. The van der Waals surface area contributed by atoms with Crippen molar-refractivity contribution in [2.75, 3.05) is 13.7 Å². The van der Waals surface area contributed by atoms with Gasteiger partial charge in [-0.15, -0.1) is 0 Å². The molecule has 1 aromatic heterocycles. The SMILES string of the molecule is CCCCCCCCCCCCCCCCOc1cc2[nH]ccc2cc1OC. The minimum Gasteiger partial charge on any atom is -0.493 e. The van der Waals surface area contributed by atoms with Gasteiger partial charge in [0.25, 0.3) is 0 Å². The van der Waals surface area contributed by atoms with Gasteiger partial charge in [-0.05, 0) is 18.6 Å². The minimum absolute atomic E-state index is 0.764. The summed E-state index contributed by atoms with van der Waals surface area (Å²) < 4.78 is 11.4. The summed E-state index contributed by atoms with van der Waals surface area (Å²) in [5, 5.41) is 1.15. The van der Waals surface area contributed by atoms with Crippen LogP contribution in [-0.2, 0) is 0 Å². The smallest absolute Gasteiger partial charge is 0.163 e. The predicted octanol–water partition coefficient (Wildman–Crippen LogP) is 8.04. The van der Waals surface area contributed by atoms with Crippen molar-refractivity contribution >= 4 is 10.9 Å². The third-order valence-corrected chi connectivity index (χ3v) is 5.59. The van der Waals surface area contributed by atoms with E-state index in [0.717, 1.165) is 35.4 Å². The standard InChI is InChI=1S/C25H41NO2/c1-3-4-5-6-7-8-9-10-11-12-13-14-15-16-19-28-25-21-23-22(17-18-26-23)20-24(25)27-2/h17-18,20-21,26H,3-16,19H2,1-2H3. The molecule has 28 heavy (non-hydrogen) atoms. The summed E-state index contributed by atoms with van der Waals surface area (Å²) in [7, 11) is 1.70. The van der Waals surface area contributed by atoms with E-state index in [1.54, 1.807) is 7.11 Å². The summed E-state index contributed by atoms with van der Waals surface area (Å²) in [5.74, 6) is 1.66. The van der Waals surface area contributed by atoms with Crippen LogP contribution < -0.4 is 9.47 Å². The van der Waals surface area contributed by atoms with Gasteiger partial charge in [0.15, 0.2) is 11.5 Å². The average molecular weight is 388 g/mol. The van der Waals surface area contributed by atoms with Crippen molar-refractivity contribution in [2.45, 2.75) is 96.8 Å². The van der Waals surface area contributed by atoms with E-state index >= 15 is 0 Å². The first-order chi connectivity index (χ1) is 13.8. The first-order valence-corrected chi connectivity index (χ1v) is 11.6. The van der Waals surface area contributed by atoms with Gasteiger partial charge in [-0.1, -0.05) is 90.4 Å². The van der Waals surface area contributed by atoms with Crippen molar-refractivity contribution in [2.24, 2.45) is 0 Å². The number of aromatic nitrogens is 1. The second kappa shape index (κ2) is 14.4. The van der Waals surface area contributed by atoms with Crippen molar-refractivity contribution in [3.05, 3.63) is 24.4 Å². The number of methoxy groups -OCH3 is 1. The lowest BCUT2D eigenvalue weighted by molar-refractivity contribution is 0.285. The summed E-state index contributed by atoms with van der Waals surface area (Å²) in [6.07, 6.45) is 21.2. The molecule has 0 aliphatic rings. The Morgan fingerprint density at radius 1 is 0.714 bits per heavy atom. The van der Waals surface area contributed by atoms with E-state index in [0.29, 0.717) is 0 Å². The van der Waals surface area contributed by atoms with Gasteiger partial charge in [0.05, 0.1) is 13.7 Å². The maximum atomic E-state index is 5.97. The molecule has 0 saturated heterocycles. The van der Waals surface area contributed by atoms with Gasteiger partial charge in [0.1, 0.15) is 0 Å². The van der Waals surface area contributed by atoms with Crippen LogP contribution in [0.2, 0.25) is 0 Å². The van der Waals surface area contributed by atoms with Crippen LogP contribution in [0.4, 0.5) is 0 Å². The number of rotatable bonds is 17. The molecule has 2 aromatic rings. The van der Waals surface area contributed by atoms with Crippen LogP contribution in [0.1, 0.15) is 96.8 Å². The Bertz CT molecular complexity index is 635. The van der Waals surface area contributed by atoms with Crippen LogP contribution in [0.25, 0.3) is 10.9 Å². The number of nitrogens with one attached hydrogen (secondary N) is 1. The molecule has 0 fully saturated rings. The van der Waals surface area contributed by atoms with Gasteiger partial charge in [-0.3, -0.25) is 0 Å². The molecule has 0 amide bonds. The number of hydrogen-bond donors (Lipinski definition) is 1. The van der Waals surface area contributed by atoms with E-state index in [9.17, 15) is 0 Å². The zero-order valence-electron chi connectivity index (χ0n) is 18.2. The van der Waals surface area contributed by atoms with Crippen LogP contribution in [0.15, 0.2) is 24.4 Å². The Morgan fingerprint density at radius 2 is 1.29 bits per heavy atom. The third-order valence-electron chi connectivity index (χ3n) is 5.59. The number of fused-ring (bicyclic) bond motifs is 1. The second-order valence-electron chi connectivity index (χ2n) is 8.01. The molecular weight excluding hydrogens is 346 g/mol. The van der Waals surface area contributed by atoms with Crippen molar-refractivity contribution in [1.82, 2.24) is 4.98 Å². The molecule has 0 radical (unpaired) electrons. The van der Waals surface area contributed by atoms with E-state index in [1.165, 1.54) is 83.5 Å². The highest BCUT2D eigenvalue weighted by Gasteiger charge is 2.07. The molecule has 2 rings (SSSR count). The van der Waals surface area contributed by atoms with Gasteiger partial charge < -0.3 is 14.5 Å². The van der Waals surface area contributed by atoms with E-state index in [1.807, 2.05) is 18.3 Å². The van der Waals surface area contributed by atoms with Crippen LogP contribution in [0.5, 0.6) is 11.5 Å². The van der Waals surface area contributed by atoms with Crippen molar-refractivity contribution in [3.8, 4) is 11.5 Å². The Hall–Kier alpha value is -1.64. The Morgan fingerprint density at radius 3 is 1.86 bits per heavy atom. The number of benzene rings is 1. The number of hydrogen-bond acceptors (Lipinski definition) is 2. The predicted molar refractivity (Wildman–Crippen MR) is 121 cm³/mol. The summed E-state index contributed by atoms with van der Waals surface area (Å²) in [5.41, 5.74) is 1.09. The number of ether oxygens (including phenoxy) is 2. The van der Waals surface area contributed by atoms with E-state index in [4.69, 9.17) is 9.47 Å². The average Bonchev–Trinajstić information content (AvgIpc) is 3.17. The lowest BCUT2D eigenvalue weighted by atomic mass is 10.0. The van der Waals surface area contributed by atoms with Gasteiger partial charge in [-0.2, -0.15) is 0 Å². The van der Waals surface area contributed by atoms with Crippen molar-refractivity contribution in [3.63, 3.8) is 0 Å². The van der Waals surface area contributed by atoms with E-state index in [-0.39, 0.29) is 0 Å². The fourth-order valence-corrected chi connectivity index (χ4v) is 3.81. The largest absolute Gasteiger partial charge is 0.493 e. The number of H-pyrrole nitrogens is 1. The van der Waals surface area contributed by atoms with Crippen LogP contribution in [-0.4, -0.2) is 18.7 Å². The molecule has 3 heteroatoms. The van der Waals surface area contributed by atoms with Gasteiger partial charge in [0.2, 0.25) is 0 Å². The molecule has 1 heterocycles. The molecular formula is C25H41NO2. The molecule has 1 N–H and O–H groups in total. The minimum atomic E-state index is 0.764. The first-order valence-electron chi connectivity index (χ1n) is 11.6. The summed E-state index contributed by atoms with van der Waals surface area (Å²) >= 11 is 0. The zero-order valence-corrected chi connectivity index (χ0v) is 18.2. The Kier molecular flexibility index (Phi) is 11.6. The highest BCUT2D eigenvalue weighted by Crippen LogP contribution is 2.32. The molecule has 158 valence electrons. The normalized spacial score (nSPS) is 11.2. The second-order valence-corrected chi connectivity index (χ2v) is 8.01. The molecule has 0 aliphatic heterocycles. The van der Waals surface area contributed by atoms with Gasteiger partial charge in [0, 0.05) is 23.2 Å². The maximum Gasteiger partial charge on any atom is 0.163 e. The highest BCUT2D eigenvalue weighted by molar-refractivity contribution is 5.83. The van der Waals surface area contributed by atoms with Gasteiger partial charge >= 0.3 is 0 Å². The molecule has 0 atom stereocenters. The summed E-state index contributed by atoms with van der Waals surface area (Å²) in [6.45, 7) is 3.05. The molecule has 1 aromatic carbocycles. The lowest BCUT2D eigenvalue weighted by Crippen LogP contribution is -1.99. The summed E-state index contributed by atoms with van der Waals surface area (Å²) in [4.78, 5) is 3.23. The third kappa shape index (κ3) is 8.58. The Balaban J connectivity index is 1.43. The van der Waals surface area contributed by atoms with Crippen molar-refractivity contribution < 1.29 is 9.47 Å². The quantitative estimate of drug-likeness (QED) is 0.279. The van der Waals surface area contributed by atoms with E-state index in [2.05, 4.69) is 18.0 Å². The van der Waals surface area contributed by atoms with Crippen molar-refractivity contribution in [1.29, 1.82) is 0 Å². The maximum absolute atomic E-state index is 5.97. The first kappa shape index (κ1) is 22.6. The fourth-order valence-electron chi connectivity index (χ4n) is 3.81. The molecule has 0 bridgehead atoms. The number of aromatic amines is 1. The van der Waals surface area contributed by atoms with Crippen LogP contribution in [0, 0.1) is 0 Å². The monoisotopic (exact) mass is 387 g/mol. The molecule has 0 saturated carbocycles. The number of unbranched alkanes of at least 4 members (excludes halogenated alkanes) is 13. The summed E-state index contributed by atoms with van der Waals surface area (Å²) in [6, 6.07) is 6.12. The topological polar surface area (TPSA) is 34.2 Å². The highest BCUT2D eigenvalue weighted by atomic mass is 16.5. The van der Waals surface area contributed by atoms with Gasteiger partial charge in [-0.25, -0.2) is 0 Å². The lowest BCUT2D eigenvalue weighted by Gasteiger charge is -2.11.